The highest BCUT2D eigenvalue weighted by Gasteiger charge is 2.04. The zero-order chi connectivity index (χ0) is 17.2. The van der Waals surface area contributed by atoms with Gasteiger partial charge in [0.15, 0.2) is 5.96 Å². The van der Waals surface area contributed by atoms with Crippen LogP contribution in [0.25, 0.3) is 0 Å². The fourth-order valence-corrected chi connectivity index (χ4v) is 2.20. The number of guanidine groups is 1. The van der Waals surface area contributed by atoms with Crippen LogP contribution >= 0.6 is 24.0 Å². The van der Waals surface area contributed by atoms with Crippen molar-refractivity contribution >= 4 is 29.9 Å². The van der Waals surface area contributed by atoms with Crippen molar-refractivity contribution in [3.63, 3.8) is 0 Å². The number of benzene rings is 1. The highest BCUT2D eigenvalue weighted by Crippen LogP contribution is 2.14. The van der Waals surface area contributed by atoms with Crippen LogP contribution < -0.4 is 20.1 Å². The van der Waals surface area contributed by atoms with Crippen molar-refractivity contribution in [2.45, 2.75) is 20.0 Å². The van der Waals surface area contributed by atoms with E-state index in [4.69, 9.17) is 9.47 Å². The lowest BCUT2D eigenvalue weighted by atomic mass is 10.2. The summed E-state index contributed by atoms with van der Waals surface area (Å²) in [4.78, 5) is 8.80. The van der Waals surface area contributed by atoms with Gasteiger partial charge in [0.1, 0.15) is 5.75 Å². The highest BCUT2D eigenvalue weighted by molar-refractivity contribution is 14.0. The van der Waals surface area contributed by atoms with E-state index >= 15 is 0 Å². The Morgan fingerprint density at radius 1 is 1.12 bits per heavy atom. The van der Waals surface area contributed by atoms with Gasteiger partial charge in [-0.2, -0.15) is 0 Å². The Hall–Kier alpha value is -2.03. The third-order valence-electron chi connectivity index (χ3n) is 3.39. The molecule has 0 radical (unpaired) electrons. The molecule has 0 saturated heterocycles. The highest BCUT2D eigenvalue weighted by atomic mass is 127. The van der Waals surface area contributed by atoms with Crippen molar-refractivity contribution in [3.05, 3.63) is 53.7 Å². The number of hydrogen-bond acceptors (Lipinski definition) is 4. The molecule has 0 atom stereocenters. The molecule has 0 aliphatic heterocycles. The molecule has 1 heterocycles. The topological polar surface area (TPSA) is 67.8 Å². The lowest BCUT2D eigenvalue weighted by Crippen LogP contribution is -2.36. The minimum absolute atomic E-state index is 0. The van der Waals surface area contributed by atoms with E-state index in [-0.39, 0.29) is 24.0 Å². The van der Waals surface area contributed by atoms with Crippen LogP contribution in [0.4, 0.5) is 0 Å². The van der Waals surface area contributed by atoms with Gasteiger partial charge in [-0.15, -0.1) is 24.0 Å². The first-order valence-corrected chi connectivity index (χ1v) is 7.89. The van der Waals surface area contributed by atoms with Gasteiger partial charge in [0.2, 0.25) is 5.88 Å². The van der Waals surface area contributed by atoms with Crippen molar-refractivity contribution in [1.29, 1.82) is 0 Å². The monoisotopic (exact) mass is 456 g/mol. The Morgan fingerprint density at radius 2 is 1.96 bits per heavy atom. The minimum atomic E-state index is 0. The molecule has 0 bridgehead atoms. The molecule has 2 N–H and O–H groups in total. The molecule has 0 aliphatic rings. The van der Waals surface area contributed by atoms with Crippen molar-refractivity contribution in [3.8, 4) is 11.6 Å². The average molecular weight is 456 g/mol. The molecule has 0 saturated carbocycles. The lowest BCUT2D eigenvalue weighted by Gasteiger charge is -2.13. The first kappa shape index (κ1) is 21.0. The summed E-state index contributed by atoms with van der Waals surface area (Å²) in [6.45, 7) is 3.97. The molecular formula is C18H25IN4O2. The van der Waals surface area contributed by atoms with Crippen LogP contribution in [0.3, 0.4) is 0 Å². The van der Waals surface area contributed by atoms with Crippen LogP contribution in [0.15, 0.2) is 47.6 Å². The second-order valence-electron chi connectivity index (χ2n) is 5.07. The third kappa shape index (κ3) is 6.77. The maximum Gasteiger partial charge on any atom is 0.218 e. The maximum atomic E-state index is 5.27. The van der Waals surface area contributed by atoms with Crippen LogP contribution in [0.1, 0.15) is 18.1 Å². The smallest absolute Gasteiger partial charge is 0.218 e. The number of aliphatic imine (C=N–C) groups is 1. The van der Waals surface area contributed by atoms with Crippen LogP contribution in [-0.4, -0.2) is 31.7 Å². The van der Waals surface area contributed by atoms with E-state index in [0.29, 0.717) is 19.0 Å². The standard InChI is InChI=1S/C18H24N4O2.HI/c1-4-19-18(21-12-14-7-5-9-16(11-14)23-2)22-13-15-8-6-10-20-17(15)24-3;/h5-11H,4,12-13H2,1-3H3,(H2,19,21,22);1H. The molecule has 136 valence electrons. The molecule has 1 aromatic carbocycles. The molecular weight excluding hydrogens is 431 g/mol. The SMILES string of the molecule is CCNC(=NCc1cccc(OC)c1)NCc1cccnc1OC.I. The van der Waals surface area contributed by atoms with Gasteiger partial charge in [0.05, 0.1) is 20.8 Å². The Morgan fingerprint density at radius 3 is 2.68 bits per heavy atom. The summed E-state index contributed by atoms with van der Waals surface area (Å²) >= 11 is 0. The van der Waals surface area contributed by atoms with Gasteiger partial charge < -0.3 is 20.1 Å². The number of nitrogens with zero attached hydrogens (tertiary/aromatic N) is 2. The van der Waals surface area contributed by atoms with Crippen molar-refractivity contribution in [2.24, 2.45) is 4.99 Å². The normalized spacial score (nSPS) is 10.6. The molecule has 6 nitrogen and oxygen atoms in total. The summed E-state index contributed by atoms with van der Waals surface area (Å²) in [5.74, 6) is 2.20. The number of ether oxygens (including phenoxy) is 2. The maximum absolute atomic E-state index is 5.27. The molecule has 0 aliphatic carbocycles. The van der Waals surface area contributed by atoms with Crippen LogP contribution in [-0.2, 0) is 13.1 Å². The Labute approximate surface area is 166 Å². The second kappa shape index (κ2) is 11.5. The lowest BCUT2D eigenvalue weighted by molar-refractivity contribution is 0.392. The summed E-state index contributed by atoms with van der Waals surface area (Å²) in [5.41, 5.74) is 2.07. The number of methoxy groups -OCH3 is 2. The second-order valence-corrected chi connectivity index (χ2v) is 5.07. The van der Waals surface area contributed by atoms with Crippen LogP contribution in [0.5, 0.6) is 11.6 Å². The summed E-state index contributed by atoms with van der Waals surface area (Å²) < 4.78 is 10.5. The summed E-state index contributed by atoms with van der Waals surface area (Å²) in [6, 6.07) is 11.8. The molecule has 7 heteroatoms. The van der Waals surface area contributed by atoms with Crippen molar-refractivity contribution < 1.29 is 9.47 Å². The number of rotatable bonds is 7. The summed E-state index contributed by atoms with van der Waals surface area (Å²) in [6.07, 6.45) is 1.71. The molecule has 1 aromatic heterocycles. The zero-order valence-electron chi connectivity index (χ0n) is 14.8. The molecule has 25 heavy (non-hydrogen) atoms. The van der Waals surface area contributed by atoms with Gasteiger partial charge in [-0.25, -0.2) is 9.98 Å². The van der Waals surface area contributed by atoms with Gasteiger partial charge in [-0.1, -0.05) is 18.2 Å². The van der Waals surface area contributed by atoms with Crippen molar-refractivity contribution in [2.75, 3.05) is 20.8 Å². The Kier molecular flexibility index (Phi) is 9.68. The predicted molar refractivity (Wildman–Crippen MR) is 111 cm³/mol. The van der Waals surface area contributed by atoms with E-state index in [0.717, 1.165) is 29.4 Å². The predicted octanol–water partition coefficient (Wildman–Crippen LogP) is 2.97. The molecule has 0 spiro atoms. The first-order chi connectivity index (χ1) is 11.8. The molecule has 2 aromatic rings. The summed E-state index contributed by atoms with van der Waals surface area (Å²) in [7, 11) is 3.28. The van der Waals surface area contributed by atoms with Gasteiger partial charge >= 0.3 is 0 Å². The molecule has 0 unspecified atom stereocenters. The van der Waals surface area contributed by atoms with E-state index in [1.54, 1.807) is 20.4 Å². The fraction of sp³-hybridized carbons (Fsp3) is 0.333. The van der Waals surface area contributed by atoms with Gasteiger partial charge in [-0.05, 0) is 30.7 Å². The van der Waals surface area contributed by atoms with Crippen LogP contribution in [0, 0.1) is 0 Å². The van der Waals surface area contributed by atoms with Gasteiger partial charge in [-0.3, -0.25) is 0 Å². The third-order valence-corrected chi connectivity index (χ3v) is 3.39. The minimum Gasteiger partial charge on any atom is -0.497 e. The van der Waals surface area contributed by atoms with E-state index in [1.165, 1.54) is 0 Å². The number of aromatic nitrogens is 1. The summed E-state index contributed by atoms with van der Waals surface area (Å²) in [5, 5.41) is 6.53. The Bertz CT molecular complexity index is 680. The fourth-order valence-electron chi connectivity index (χ4n) is 2.20. The van der Waals surface area contributed by atoms with Crippen LogP contribution in [0.2, 0.25) is 0 Å². The van der Waals surface area contributed by atoms with E-state index in [2.05, 4.69) is 20.6 Å². The number of pyridine rings is 1. The van der Waals surface area contributed by atoms with Gasteiger partial charge in [0, 0.05) is 24.8 Å². The number of nitrogens with one attached hydrogen (secondary N) is 2. The average Bonchev–Trinajstić information content (AvgIpc) is 2.64. The molecule has 0 amide bonds. The van der Waals surface area contributed by atoms with E-state index < -0.39 is 0 Å². The quantitative estimate of drug-likeness (QED) is 0.381. The molecule has 0 fully saturated rings. The van der Waals surface area contributed by atoms with E-state index in [9.17, 15) is 0 Å². The number of halogens is 1. The molecule has 2 rings (SSSR count). The largest absolute Gasteiger partial charge is 0.497 e. The first-order valence-electron chi connectivity index (χ1n) is 7.89. The van der Waals surface area contributed by atoms with Crippen molar-refractivity contribution in [1.82, 2.24) is 15.6 Å². The Balaban J connectivity index is 0.00000312. The van der Waals surface area contributed by atoms with Gasteiger partial charge in [0.25, 0.3) is 0 Å². The van der Waals surface area contributed by atoms with E-state index in [1.807, 2.05) is 43.3 Å². The number of hydrogen-bond donors (Lipinski definition) is 2. The zero-order valence-corrected chi connectivity index (χ0v) is 17.1.